The van der Waals surface area contributed by atoms with Crippen molar-refractivity contribution in [3.05, 3.63) is 17.5 Å². The maximum atomic E-state index is 12.9. The van der Waals surface area contributed by atoms with Gasteiger partial charge in [0.1, 0.15) is 11.2 Å². The fraction of sp³-hybridized carbons (Fsp3) is 0.647. The quantitative estimate of drug-likeness (QED) is 0.800. The molecule has 0 radical (unpaired) electrons. The zero-order chi connectivity index (χ0) is 18.2. The van der Waals surface area contributed by atoms with Crippen LogP contribution in [-0.2, 0) is 11.3 Å². The zero-order valence-corrected chi connectivity index (χ0v) is 14.6. The fourth-order valence-electron chi connectivity index (χ4n) is 3.60. The van der Waals surface area contributed by atoms with Crippen LogP contribution in [-0.4, -0.2) is 56.2 Å². The van der Waals surface area contributed by atoms with Crippen molar-refractivity contribution < 1.29 is 19.5 Å². The van der Waals surface area contributed by atoms with E-state index >= 15 is 0 Å². The van der Waals surface area contributed by atoms with Crippen molar-refractivity contribution in [3.8, 4) is 0 Å². The number of aromatic nitrogens is 2. The lowest BCUT2D eigenvalue weighted by Crippen LogP contribution is -2.63. The molecule has 1 fully saturated rings. The number of fused-ring (bicyclic) bond motifs is 1. The highest BCUT2D eigenvalue weighted by molar-refractivity contribution is 6.00. The molecule has 2 heterocycles. The number of likely N-dealkylation sites (N-methyl/N-ethyl adjacent to an activating group) is 1. The molecule has 1 unspecified atom stereocenters. The number of hydrogen-bond donors (Lipinski definition) is 2. The smallest absolute Gasteiger partial charge is 0.356 e. The molecule has 3 rings (SSSR count). The molecular formula is C17H24N4O4. The van der Waals surface area contributed by atoms with Gasteiger partial charge in [-0.2, -0.15) is 5.10 Å². The van der Waals surface area contributed by atoms with Gasteiger partial charge in [-0.3, -0.25) is 14.3 Å². The highest BCUT2D eigenvalue weighted by Crippen LogP contribution is 2.27. The van der Waals surface area contributed by atoms with E-state index in [4.69, 9.17) is 5.11 Å². The van der Waals surface area contributed by atoms with Crippen molar-refractivity contribution in [3.63, 3.8) is 0 Å². The van der Waals surface area contributed by atoms with E-state index in [1.165, 1.54) is 28.5 Å². The van der Waals surface area contributed by atoms with E-state index in [0.717, 1.165) is 25.7 Å². The molecule has 0 aromatic carbocycles. The van der Waals surface area contributed by atoms with Gasteiger partial charge in [-0.15, -0.1) is 0 Å². The SMILES string of the molecule is CN1C(=O)c2cc(C(=O)O)nn2CC1(C)C(=O)NC1CCCCCC1. The molecule has 1 aromatic rings. The molecule has 0 saturated heterocycles. The predicted molar refractivity (Wildman–Crippen MR) is 89.3 cm³/mol. The minimum absolute atomic E-state index is 0.129. The van der Waals surface area contributed by atoms with E-state index < -0.39 is 17.4 Å². The normalized spacial score (nSPS) is 24.6. The third-order valence-electron chi connectivity index (χ3n) is 5.40. The van der Waals surface area contributed by atoms with Crippen LogP contribution in [0.1, 0.15) is 66.4 Å². The molecule has 0 spiro atoms. The standard InChI is InChI=1S/C17H24N4O4/c1-17(16(25)18-11-7-5-3-4-6-8-11)10-21-13(14(22)20(17)2)9-12(19-21)15(23)24/h9,11H,3-8,10H2,1-2H3,(H,18,25)(H,23,24). The summed E-state index contributed by atoms with van der Waals surface area (Å²) in [5.41, 5.74) is -1.09. The number of carbonyl (C=O) groups excluding carboxylic acids is 2. The van der Waals surface area contributed by atoms with Crippen molar-refractivity contribution in [2.24, 2.45) is 0 Å². The number of amides is 2. The van der Waals surface area contributed by atoms with E-state index in [1.54, 1.807) is 14.0 Å². The molecule has 1 saturated carbocycles. The summed E-state index contributed by atoms with van der Waals surface area (Å²) < 4.78 is 1.33. The van der Waals surface area contributed by atoms with Gasteiger partial charge in [-0.25, -0.2) is 4.79 Å². The molecule has 136 valence electrons. The Bertz CT molecular complexity index is 706. The molecule has 1 atom stereocenters. The summed E-state index contributed by atoms with van der Waals surface area (Å²) in [6.45, 7) is 1.83. The lowest BCUT2D eigenvalue weighted by atomic mass is 9.95. The fourth-order valence-corrected chi connectivity index (χ4v) is 3.60. The lowest BCUT2D eigenvalue weighted by Gasteiger charge is -2.41. The van der Waals surface area contributed by atoms with Crippen LogP contribution >= 0.6 is 0 Å². The largest absolute Gasteiger partial charge is 0.476 e. The summed E-state index contributed by atoms with van der Waals surface area (Å²) in [6.07, 6.45) is 6.49. The Hall–Kier alpha value is -2.38. The number of rotatable bonds is 3. The van der Waals surface area contributed by atoms with Gasteiger partial charge in [-0.1, -0.05) is 25.7 Å². The van der Waals surface area contributed by atoms with Gasteiger partial charge in [0.2, 0.25) is 5.91 Å². The van der Waals surface area contributed by atoms with Crippen LogP contribution in [0.5, 0.6) is 0 Å². The van der Waals surface area contributed by atoms with Gasteiger partial charge in [0, 0.05) is 19.2 Å². The monoisotopic (exact) mass is 348 g/mol. The van der Waals surface area contributed by atoms with Gasteiger partial charge in [0.15, 0.2) is 5.69 Å². The van der Waals surface area contributed by atoms with Crippen molar-refractivity contribution in [2.45, 2.75) is 63.6 Å². The first kappa shape index (κ1) is 17.4. The molecule has 0 bridgehead atoms. The Balaban J connectivity index is 1.83. The number of nitrogens with one attached hydrogen (secondary N) is 1. The summed E-state index contributed by atoms with van der Waals surface area (Å²) in [4.78, 5) is 38.1. The van der Waals surface area contributed by atoms with Crippen LogP contribution in [0.15, 0.2) is 6.07 Å². The topological polar surface area (TPSA) is 105 Å². The maximum Gasteiger partial charge on any atom is 0.356 e. The number of carboxylic acids is 1. The van der Waals surface area contributed by atoms with Crippen molar-refractivity contribution in [2.75, 3.05) is 7.05 Å². The second-order valence-corrected chi connectivity index (χ2v) is 7.18. The summed E-state index contributed by atoms with van der Waals surface area (Å²) in [5.74, 6) is -1.81. The first-order valence-corrected chi connectivity index (χ1v) is 8.73. The Morgan fingerprint density at radius 1 is 1.28 bits per heavy atom. The second-order valence-electron chi connectivity index (χ2n) is 7.18. The number of carboxylic acid groups (broad SMARTS) is 1. The average Bonchev–Trinajstić information content (AvgIpc) is 2.82. The number of aromatic carboxylic acids is 1. The minimum atomic E-state index is -1.19. The first-order valence-electron chi connectivity index (χ1n) is 8.73. The molecule has 2 N–H and O–H groups in total. The van der Waals surface area contributed by atoms with Crippen LogP contribution in [0.4, 0.5) is 0 Å². The minimum Gasteiger partial charge on any atom is -0.476 e. The molecule has 1 aliphatic carbocycles. The van der Waals surface area contributed by atoms with Gasteiger partial charge < -0.3 is 15.3 Å². The zero-order valence-electron chi connectivity index (χ0n) is 14.6. The van der Waals surface area contributed by atoms with E-state index in [9.17, 15) is 14.4 Å². The van der Waals surface area contributed by atoms with Crippen LogP contribution in [0.25, 0.3) is 0 Å². The molecule has 2 amide bonds. The van der Waals surface area contributed by atoms with Crippen LogP contribution in [0, 0.1) is 0 Å². The second kappa shape index (κ2) is 6.50. The van der Waals surface area contributed by atoms with E-state index in [0.29, 0.717) is 0 Å². The molecule has 8 heteroatoms. The van der Waals surface area contributed by atoms with Crippen molar-refractivity contribution in [1.82, 2.24) is 20.0 Å². The Labute approximate surface area is 146 Å². The Kier molecular flexibility index (Phi) is 4.53. The highest BCUT2D eigenvalue weighted by atomic mass is 16.4. The number of hydrogen-bond acceptors (Lipinski definition) is 4. The number of nitrogens with zero attached hydrogens (tertiary/aromatic N) is 3. The molecule has 1 aromatic heterocycles. The average molecular weight is 348 g/mol. The molecule has 8 nitrogen and oxygen atoms in total. The van der Waals surface area contributed by atoms with Gasteiger partial charge in [0.25, 0.3) is 5.91 Å². The van der Waals surface area contributed by atoms with Gasteiger partial charge in [-0.05, 0) is 19.8 Å². The van der Waals surface area contributed by atoms with Crippen molar-refractivity contribution in [1.29, 1.82) is 0 Å². The third-order valence-corrected chi connectivity index (χ3v) is 5.40. The van der Waals surface area contributed by atoms with E-state index in [1.807, 2.05) is 0 Å². The number of carbonyl (C=O) groups is 3. The first-order chi connectivity index (χ1) is 11.8. The predicted octanol–water partition coefficient (Wildman–Crippen LogP) is 1.26. The maximum absolute atomic E-state index is 12.9. The molecule has 25 heavy (non-hydrogen) atoms. The van der Waals surface area contributed by atoms with E-state index in [-0.39, 0.29) is 29.9 Å². The van der Waals surface area contributed by atoms with E-state index in [2.05, 4.69) is 10.4 Å². The summed E-state index contributed by atoms with van der Waals surface area (Å²) in [7, 11) is 1.58. The van der Waals surface area contributed by atoms with Crippen LogP contribution in [0.2, 0.25) is 0 Å². The van der Waals surface area contributed by atoms with Crippen LogP contribution in [0.3, 0.4) is 0 Å². The summed E-state index contributed by atoms with van der Waals surface area (Å²) in [5, 5.41) is 16.1. The summed E-state index contributed by atoms with van der Waals surface area (Å²) in [6, 6.07) is 1.38. The molecule has 2 aliphatic rings. The molecular weight excluding hydrogens is 324 g/mol. The van der Waals surface area contributed by atoms with Crippen molar-refractivity contribution >= 4 is 17.8 Å². The molecule has 1 aliphatic heterocycles. The van der Waals surface area contributed by atoms with Gasteiger partial charge >= 0.3 is 5.97 Å². The highest BCUT2D eigenvalue weighted by Gasteiger charge is 2.46. The van der Waals surface area contributed by atoms with Crippen LogP contribution < -0.4 is 5.32 Å². The summed E-state index contributed by atoms with van der Waals surface area (Å²) >= 11 is 0. The Morgan fingerprint density at radius 3 is 2.52 bits per heavy atom. The van der Waals surface area contributed by atoms with Gasteiger partial charge in [0.05, 0.1) is 6.54 Å². The third kappa shape index (κ3) is 3.12. The lowest BCUT2D eigenvalue weighted by molar-refractivity contribution is -0.133. The Morgan fingerprint density at radius 2 is 1.92 bits per heavy atom.